The Labute approximate surface area is 121 Å². The lowest BCUT2D eigenvalue weighted by molar-refractivity contribution is 0.598. The Hall–Kier alpha value is -2.51. The van der Waals surface area contributed by atoms with E-state index in [1.165, 1.54) is 12.1 Å². The second-order valence-electron chi connectivity index (χ2n) is 4.44. The van der Waals surface area contributed by atoms with Gasteiger partial charge in [0.05, 0.1) is 22.5 Å². The zero-order chi connectivity index (χ0) is 14.9. The fourth-order valence-corrected chi connectivity index (χ4v) is 2.55. The Kier molecular flexibility index (Phi) is 3.28. The standard InChI is InChI=1S/C14H12N4O2S/c15-21(19,20)11-6-4-10(5-7-11)14-12(9-17-18-14)13-3-1-2-8-16-13/h1-9H,(H,17,18)(H2,15,19,20). The van der Waals surface area contributed by atoms with Crippen LogP contribution in [0.2, 0.25) is 0 Å². The molecule has 0 radical (unpaired) electrons. The minimum atomic E-state index is -3.69. The highest BCUT2D eigenvalue weighted by Gasteiger charge is 2.12. The highest BCUT2D eigenvalue weighted by atomic mass is 32.2. The Morgan fingerprint density at radius 3 is 2.43 bits per heavy atom. The number of hydrogen-bond acceptors (Lipinski definition) is 4. The molecule has 0 saturated heterocycles. The Bertz CT molecular complexity index is 856. The molecule has 106 valence electrons. The van der Waals surface area contributed by atoms with Crippen LogP contribution in [0.25, 0.3) is 22.5 Å². The first-order valence-corrected chi connectivity index (χ1v) is 7.68. The predicted molar refractivity (Wildman–Crippen MR) is 78.6 cm³/mol. The minimum absolute atomic E-state index is 0.0742. The van der Waals surface area contributed by atoms with Crippen molar-refractivity contribution in [2.45, 2.75) is 4.90 Å². The van der Waals surface area contributed by atoms with Gasteiger partial charge < -0.3 is 0 Å². The highest BCUT2D eigenvalue weighted by Crippen LogP contribution is 2.29. The Morgan fingerprint density at radius 1 is 1.05 bits per heavy atom. The van der Waals surface area contributed by atoms with Crippen molar-refractivity contribution in [2.24, 2.45) is 5.14 Å². The van der Waals surface area contributed by atoms with Gasteiger partial charge in [-0.2, -0.15) is 5.10 Å². The summed E-state index contributed by atoms with van der Waals surface area (Å²) in [6, 6.07) is 11.9. The van der Waals surface area contributed by atoms with Gasteiger partial charge in [0, 0.05) is 17.3 Å². The van der Waals surface area contributed by atoms with Gasteiger partial charge in [-0.15, -0.1) is 0 Å². The number of aromatic amines is 1. The number of sulfonamides is 1. The third-order valence-electron chi connectivity index (χ3n) is 3.05. The summed E-state index contributed by atoms with van der Waals surface area (Å²) in [5.41, 5.74) is 3.21. The van der Waals surface area contributed by atoms with E-state index in [0.29, 0.717) is 0 Å². The monoisotopic (exact) mass is 300 g/mol. The molecule has 0 unspecified atom stereocenters. The van der Waals surface area contributed by atoms with Crippen LogP contribution in [0.4, 0.5) is 0 Å². The van der Waals surface area contributed by atoms with Crippen molar-refractivity contribution in [1.82, 2.24) is 15.2 Å². The first-order valence-electron chi connectivity index (χ1n) is 6.14. The summed E-state index contributed by atoms with van der Waals surface area (Å²) in [7, 11) is -3.69. The molecule has 3 N–H and O–H groups in total. The summed E-state index contributed by atoms with van der Waals surface area (Å²) in [6.45, 7) is 0. The van der Waals surface area contributed by atoms with Crippen LogP contribution in [0, 0.1) is 0 Å². The fourth-order valence-electron chi connectivity index (χ4n) is 2.03. The van der Waals surface area contributed by atoms with Crippen LogP contribution in [-0.2, 0) is 10.0 Å². The second-order valence-corrected chi connectivity index (χ2v) is 6.00. The van der Waals surface area contributed by atoms with Gasteiger partial charge in [-0.25, -0.2) is 13.6 Å². The van der Waals surface area contributed by atoms with E-state index in [0.717, 1.165) is 22.5 Å². The van der Waals surface area contributed by atoms with Crippen LogP contribution in [0.3, 0.4) is 0 Å². The number of nitrogens with one attached hydrogen (secondary N) is 1. The third-order valence-corrected chi connectivity index (χ3v) is 3.98. The minimum Gasteiger partial charge on any atom is -0.277 e. The Morgan fingerprint density at radius 2 is 1.81 bits per heavy atom. The number of primary sulfonamides is 1. The summed E-state index contributed by atoms with van der Waals surface area (Å²) < 4.78 is 22.5. The molecule has 7 heteroatoms. The molecule has 2 aromatic heterocycles. The van der Waals surface area contributed by atoms with Crippen molar-refractivity contribution >= 4 is 10.0 Å². The molecule has 0 fully saturated rings. The van der Waals surface area contributed by atoms with E-state index < -0.39 is 10.0 Å². The first kappa shape index (κ1) is 13.5. The molecule has 0 aliphatic rings. The van der Waals surface area contributed by atoms with Crippen LogP contribution in [0.15, 0.2) is 59.8 Å². The summed E-state index contributed by atoms with van der Waals surface area (Å²) in [4.78, 5) is 4.36. The lowest BCUT2D eigenvalue weighted by Gasteiger charge is -2.04. The SMILES string of the molecule is NS(=O)(=O)c1ccc(-c2[nH]ncc2-c2ccccn2)cc1. The van der Waals surface area contributed by atoms with Gasteiger partial charge in [-0.1, -0.05) is 18.2 Å². The number of pyridine rings is 1. The van der Waals surface area contributed by atoms with Crippen molar-refractivity contribution in [3.05, 3.63) is 54.9 Å². The number of benzene rings is 1. The average Bonchev–Trinajstić information content (AvgIpc) is 2.97. The van der Waals surface area contributed by atoms with E-state index in [-0.39, 0.29) is 4.90 Å². The molecular formula is C14H12N4O2S. The van der Waals surface area contributed by atoms with E-state index in [1.807, 2.05) is 18.2 Å². The highest BCUT2D eigenvalue weighted by molar-refractivity contribution is 7.89. The van der Waals surface area contributed by atoms with E-state index in [9.17, 15) is 8.42 Å². The molecular weight excluding hydrogens is 288 g/mol. The summed E-state index contributed by atoms with van der Waals surface area (Å²) >= 11 is 0. The number of aromatic nitrogens is 3. The maximum absolute atomic E-state index is 11.3. The Balaban J connectivity index is 2.05. The third kappa shape index (κ3) is 2.69. The van der Waals surface area contributed by atoms with Crippen LogP contribution in [0.5, 0.6) is 0 Å². The predicted octanol–water partition coefficient (Wildman–Crippen LogP) is 1.79. The van der Waals surface area contributed by atoms with Crippen LogP contribution in [-0.4, -0.2) is 23.6 Å². The normalized spacial score (nSPS) is 11.5. The fraction of sp³-hybridized carbons (Fsp3) is 0. The van der Waals surface area contributed by atoms with Crippen molar-refractivity contribution in [3.8, 4) is 22.5 Å². The smallest absolute Gasteiger partial charge is 0.238 e. The molecule has 6 nitrogen and oxygen atoms in total. The number of nitrogens with two attached hydrogens (primary N) is 1. The molecule has 3 aromatic rings. The topological polar surface area (TPSA) is 102 Å². The van der Waals surface area contributed by atoms with E-state index in [1.54, 1.807) is 24.5 Å². The molecule has 0 atom stereocenters. The summed E-state index contributed by atoms with van der Waals surface area (Å²) in [5.74, 6) is 0. The zero-order valence-electron chi connectivity index (χ0n) is 10.9. The lowest BCUT2D eigenvalue weighted by atomic mass is 10.1. The molecule has 1 aromatic carbocycles. The number of rotatable bonds is 3. The van der Waals surface area contributed by atoms with Gasteiger partial charge >= 0.3 is 0 Å². The van der Waals surface area contributed by atoms with E-state index in [4.69, 9.17) is 5.14 Å². The molecule has 0 spiro atoms. The first-order chi connectivity index (χ1) is 10.1. The van der Waals surface area contributed by atoms with E-state index >= 15 is 0 Å². The maximum Gasteiger partial charge on any atom is 0.238 e. The molecule has 0 amide bonds. The van der Waals surface area contributed by atoms with Gasteiger partial charge in [0.15, 0.2) is 0 Å². The largest absolute Gasteiger partial charge is 0.277 e. The number of hydrogen-bond donors (Lipinski definition) is 2. The van der Waals surface area contributed by atoms with Crippen LogP contribution in [0.1, 0.15) is 0 Å². The molecule has 21 heavy (non-hydrogen) atoms. The van der Waals surface area contributed by atoms with Crippen molar-refractivity contribution < 1.29 is 8.42 Å². The molecule has 0 bridgehead atoms. The van der Waals surface area contributed by atoms with Gasteiger partial charge in [-0.3, -0.25) is 10.1 Å². The summed E-state index contributed by atoms with van der Waals surface area (Å²) in [5, 5.41) is 12.0. The summed E-state index contributed by atoms with van der Waals surface area (Å²) in [6.07, 6.45) is 3.39. The number of H-pyrrole nitrogens is 1. The quantitative estimate of drug-likeness (QED) is 0.769. The molecule has 0 saturated carbocycles. The average molecular weight is 300 g/mol. The van der Waals surface area contributed by atoms with Crippen LogP contribution < -0.4 is 5.14 Å². The molecule has 0 aliphatic heterocycles. The van der Waals surface area contributed by atoms with Gasteiger partial charge in [-0.05, 0) is 24.3 Å². The van der Waals surface area contributed by atoms with Crippen molar-refractivity contribution in [2.75, 3.05) is 0 Å². The molecule has 0 aliphatic carbocycles. The molecule has 2 heterocycles. The number of nitrogens with zero attached hydrogens (tertiary/aromatic N) is 2. The van der Waals surface area contributed by atoms with Gasteiger partial charge in [0.2, 0.25) is 10.0 Å². The van der Waals surface area contributed by atoms with Gasteiger partial charge in [0.25, 0.3) is 0 Å². The van der Waals surface area contributed by atoms with Crippen molar-refractivity contribution in [1.29, 1.82) is 0 Å². The molecule has 3 rings (SSSR count). The second kappa shape index (κ2) is 5.12. The lowest BCUT2D eigenvalue weighted by Crippen LogP contribution is -2.11. The van der Waals surface area contributed by atoms with Crippen LogP contribution >= 0.6 is 0 Å². The zero-order valence-corrected chi connectivity index (χ0v) is 11.7. The van der Waals surface area contributed by atoms with E-state index in [2.05, 4.69) is 15.2 Å². The van der Waals surface area contributed by atoms with Gasteiger partial charge in [0.1, 0.15) is 0 Å². The van der Waals surface area contributed by atoms with Crippen molar-refractivity contribution in [3.63, 3.8) is 0 Å². The maximum atomic E-state index is 11.3.